The van der Waals surface area contributed by atoms with E-state index in [1.165, 1.54) is 12.1 Å². The molecule has 0 heterocycles. The van der Waals surface area contributed by atoms with Gasteiger partial charge in [-0.05, 0) is 46.9 Å². The van der Waals surface area contributed by atoms with Crippen molar-refractivity contribution < 1.29 is 28.5 Å². The molecule has 2 aromatic rings. The maximum atomic E-state index is 14.1. The second-order valence-electron chi connectivity index (χ2n) is 6.16. The van der Waals surface area contributed by atoms with Crippen LogP contribution in [0.3, 0.4) is 0 Å². The number of nitrogens with one attached hydrogen (secondary N) is 2. The molecule has 158 valence electrons. The first-order valence-electron chi connectivity index (χ1n) is 8.79. The van der Waals surface area contributed by atoms with Gasteiger partial charge < -0.3 is 31.3 Å². The maximum Gasteiger partial charge on any atom is 0.254 e. The van der Waals surface area contributed by atoms with Gasteiger partial charge in [0.15, 0.2) is 0 Å². The number of hydrogen-bond donors (Lipinski definition) is 5. The van der Waals surface area contributed by atoms with Gasteiger partial charge in [-0.25, -0.2) is 8.78 Å². The molecule has 0 radical (unpaired) electrons. The number of halogens is 3. The Morgan fingerprint density at radius 1 is 1.24 bits per heavy atom. The number of benzene rings is 2. The van der Waals surface area contributed by atoms with Gasteiger partial charge in [0.1, 0.15) is 22.9 Å². The molecule has 1 amide bonds. The topological polar surface area (TPSA) is 117 Å². The van der Waals surface area contributed by atoms with Crippen LogP contribution in [0, 0.1) is 15.2 Å². The average molecular weight is 521 g/mol. The van der Waals surface area contributed by atoms with E-state index in [0.717, 1.165) is 12.1 Å². The summed E-state index contributed by atoms with van der Waals surface area (Å²) in [6.45, 7) is 0.529. The van der Waals surface area contributed by atoms with Crippen molar-refractivity contribution in [3.05, 3.63) is 51.1 Å². The second kappa shape index (κ2) is 11.2. The highest BCUT2D eigenvalue weighted by atomic mass is 127. The third-order valence-electron chi connectivity index (χ3n) is 3.89. The normalized spacial score (nSPS) is 11.9. The molecule has 0 bridgehead atoms. The molecule has 0 saturated heterocycles. The zero-order chi connectivity index (χ0) is 21.4. The van der Waals surface area contributed by atoms with Crippen LogP contribution in [-0.2, 0) is 0 Å². The van der Waals surface area contributed by atoms with Crippen LogP contribution in [-0.4, -0.2) is 48.5 Å². The Bertz CT molecular complexity index is 854. The largest absolute Gasteiger partial charge is 0.492 e. The lowest BCUT2D eigenvalue weighted by atomic mass is 10.1. The van der Waals surface area contributed by atoms with Gasteiger partial charge in [0.25, 0.3) is 5.91 Å². The van der Waals surface area contributed by atoms with E-state index in [0.29, 0.717) is 10.1 Å². The average Bonchev–Trinajstić information content (AvgIpc) is 2.63. The van der Waals surface area contributed by atoms with Gasteiger partial charge in [-0.1, -0.05) is 0 Å². The first kappa shape index (κ1) is 23.3. The molecular formula is C19H22F2IN3O4. The molecule has 29 heavy (non-hydrogen) atoms. The number of anilines is 2. The van der Waals surface area contributed by atoms with Crippen LogP contribution >= 0.6 is 22.6 Å². The van der Waals surface area contributed by atoms with E-state index in [1.807, 2.05) is 22.6 Å². The highest BCUT2D eigenvalue weighted by Crippen LogP contribution is 2.31. The Labute approximate surface area is 180 Å². The monoisotopic (exact) mass is 521 g/mol. The predicted octanol–water partition coefficient (Wildman–Crippen LogP) is 2.12. The van der Waals surface area contributed by atoms with Gasteiger partial charge in [0.2, 0.25) is 0 Å². The highest BCUT2D eigenvalue weighted by molar-refractivity contribution is 14.1. The lowest BCUT2D eigenvalue weighted by molar-refractivity contribution is 0.0995. The van der Waals surface area contributed by atoms with Crippen molar-refractivity contribution >= 4 is 39.9 Å². The highest BCUT2D eigenvalue weighted by Gasteiger charge is 2.19. The molecule has 0 aliphatic carbocycles. The number of nitrogens with two attached hydrogens (primary N) is 1. The molecule has 7 nitrogen and oxygen atoms in total. The number of rotatable bonds is 11. The molecule has 0 aliphatic rings. The zero-order valence-corrected chi connectivity index (χ0v) is 17.6. The van der Waals surface area contributed by atoms with Gasteiger partial charge >= 0.3 is 0 Å². The molecule has 2 aromatic carbocycles. The van der Waals surface area contributed by atoms with E-state index in [9.17, 15) is 18.7 Å². The maximum absolute atomic E-state index is 14.1. The van der Waals surface area contributed by atoms with Gasteiger partial charge in [-0.3, -0.25) is 4.79 Å². The van der Waals surface area contributed by atoms with E-state index >= 15 is 0 Å². The standard InChI is InChI=1S/C19H22F2IN3O4/c20-11-7-16(25-15-2-1-12(22)9-14(15)21)18(19(23)28)17(8-11)29-6-3-13(27)10-24-4-5-26/h1-2,7-9,13,24-27H,3-6,10H2,(H2,23,28). The minimum Gasteiger partial charge on any atom is -0.492 e. The summed E-state index contributed by atoms with van der Waals surface area (Å²) >= 11 is 1.95. The van der Waals surface area contributed by atoms with Crippen LogP contribution in [0.4, 0.5) is 20.2 Å². The number of primary amides is 1. The molecule has 0 aliphatic heterocycles. The molecule has 1 unspecified atom stereocenters. The Morgan fingerprint density at radius 3 is 2.66 bits per heavy atom. The van der Waals surface area contributed by atoms with Crippen molar-refractivity contribution in [3.8, 4) is 5.75 Å². The summed E-state index contributed by atoms with van der Waals surface area (Å²) in [5, 5.41) is 24.1. The SMILES string of the molecule is NC(=O)c1c(Nc2ccc(I)cc2F)cc(F)cc1OCCC(O)CNCCO. The van der Waals surface area contributed by atoms with Crippen LogP contribution in [0.25, 0.3) is 0 Å². The number of hydrogen-bond acceptors (Lipinski definition) is 6. The summed E-state index contributed by atoms with van der Waals surface area (Å²) in [6.07, 6.45) is -0.563. The van der Waals surface area contributed by atoms with Crippen molar-refractivity contribution in [2.45, 2.75) is 12.5 Å². The summed E-state index contributed by atoms with van der Waals surface area (Å²) in [4.78, 5) is 12.0. The van der Waals surface area contributed by atoms with Crippen molar-refractivity contribution in [1.29, 1.82) is 0 Å². The Kier molecular flexibility index (Phi) is 9.01. The number of carbonyl (C=O) groups excluding carboxylic acids is 1. The van der Waals surface area contributed by atoms with Gasteiger partial charge in [0.05, 0.1) is 30.7 Å². The van der Waals surface area contributed by atoms with Crippen molar-refractivity contribution in [2.75, 3.05) is 31.6 Å². The van der Waals surface area contributed by atoms with Gasteiger partial charge in [-0.2, -0.15) is 0 Å². The Morgan fingerprint density at radius 2 is 2.00 bits per heavy atom. The molecule has 6 N–H and O–H groups in total. The molecule has 10 heteroatoms. The summed E-state index contributed by atoms with van der Waals surface area (Å²) in [7, 11) is 0. The lowest BCUT2D eigenvalue weighted by Crippen LogP contribution is -2.30. The van der Waals surface area contributed by atoms with Crippen molar-refractivity contribution in [3.63, 3.8) is 0 Å². The minimum atomic E-state index is -0.876. The summed E-state index contributed by atoms with van der Waals surface area (Å²) in [5.41, 5.74) is 5.33. The smallest absolute Gasteiger partial charge is 0.254 e. The van der Waals surface area contributed by atoms with E-state index in [-0.39, 0.29) is 48.9 Å². The van der Waals surface area contributed by atoms with Crippen LogP contribution in [0.15, 0.2) is 30.3 Å². The number of aliphatic hydroxyl groups excluding tert-OH is 2. The molecule has 0 spiro atoms. The number of carbonyl (C=O) groups is 1. The fraction of sp³-hybridized carbons (Fsp3) is 0.316. The minimum absolute atomic E-state index is 0.0109. The van der Waals surface area contributed by atoms with E-state index < -0.39 is 23.6 Å². The molecular weight excluding hydrogens is 499 g/mol. The third kappa shape index (κ3) is 7.07. The quantitative estimate of drug-likeness (QED) is 0.229. The van der Waals surface area contributed by atoms with Gasteiger partial charge in [0, 0.05) is 29.1 Å². The third-order valence-corrected chi connectivity index (χ3v) is 4.56. The summed E-state index contributed by atoms with van der Waals surface area (Å²) in [6, 6.07) is 6.43. The van der Waals surface area contributed by atoms with Crippen molar-refractivity contribution in [2.24, 2.45) is 5.73 Å². The van der Waals surface area contributed by atoms with Crippen LogP contribution in [0.5, 0.6) is 5.75 Å². The van der Waals surface area contributed by atoms with E-state index in [4.69, 9.17) is 15.6 Å². The van der Waals surface area contributed by atoms with Gasteiger partial charge in [-0.15, -0.1) is 0 Å². The molecule has 2 rings (SSSR count). The van der Waals surface area contributed by atoms with Crippen LogP contribution < -0.4 is 21.1 Å². The fourth-order valence-corrected chi connectivity index (χ4v) is 2.99. The summed E-state index contributed by atoms with van der Waals surface area (Å²) < 4.78 is 34.4. The summed E-state index contributed by atoms with van der Waals surface area (Å²) in [5.74, 6) is -2.26. The molecule has 1 atom stereocenters. The van der Waals surface area contributed by atoms with E-state index in [1.54, 1.807) is 6.07 Å². The Hall–Kier alpha value is -2.02. The van der Waals surface area contributed by atoms with Crippen LogP contribution in [0.1, 0.15) is 16.8 Å². The molecule has 0 saturated carbocycles. The first-order valence-corrected chi connectivity index (χ1v) is 9.87. The molecule has 0 fully saturated rings. The second-order valence-corrected chi connectivity index (χ2v) is 7.40. The van der Waals surface area contributed by atoms with Crippen molar-refractivity contribution in [1.82, 2.24) is 5.32 Å². The Balaban J connectivity index is 2.17. The number of amides is 1. The fourth-order valence-electron chi connectivity index (χ4n) is 2.54. The predicted molar refractivity (Wildman–Crippen MR) is 113 cm³/mol. The van der Waals surface area contributed by atoms with E-state index in [2.05, 4.69) is 10.6 Å². The van der Waals surface area contributed by atoms with Crippen LogP contribution in [0.2, 0.25) is 0 Å². The lowest BCUT2D eigenvalue weighted by Gasteiger charge is -2.17. The molecule has 0 aromatic heterocycles. The number of aliphatic hydroxyl groups is 2. The first-order chi connectivity index (χ1) is 13.8. The number of ether oxygens (including phenoxy) is 1. The zero-order valence-electron chi connectivity index (χ0n) is 15.4.